The van der Waals surface area contributed by atoms with Crippen LogP contribution in [-0.2, 0) is 15.3 Å². The molecule has 0 N–H and O–H groups in total. The number of halogens is 1. The summed E-state index contributed by atoms with van der Waals surface area (Å²) in [6, 6.07) is 12.2. The zero-order chi connectivity index (χ0) is 22.3. The van der Waals surface area contributed by atoms with Gasteiger partial charge in [0.2, 0.25) is 11.6 Å². The van der Waals surface area contributed by atoms with Crippen LogP contribution in [0.1, 0.15) is 23.7 Å². The number of benzene rings is 2. The Morgan fingerprint density at radius 1 is 1.19 bits per heavy atom. The fourth-order valence-corrected chi connectivity index (χ4v) is 4.02. The minimum Gasteiger partial charge on any atom is -0.495 e. The maximum atomic E-state index is 13.4. The third-order valence-corrected chi connectivity index (χ3v) is 5.74. The molecule has 0 amide bonds. The molecule has 1 aromatic heterocycles. The molecular formula is C24H23FN4O3. The lowest BCUT2D eigenvalue weighted by Crippen LogP contribution is -2.48. The van der Waals surface area contributed by atoms with E-state index in [-0.39, 0.29) is 5.82 Å². The highest BCUT2D eigenvalue weighted by Gasteiger charge is 2.46. The number of hydrogen-bond acceptors (Lipinski definition) is 6. The van der Waals surface area contributed by atoms with E-state index in [4.69, 9.17) is 14.3 Å². The van der Waals surface area contributed by atoms with Crippen molar-refractivity contribution in [3.63, 3.8) is 0 Å². The third kappa shape index (κ3) is 3.37. The number of imidazole rings is 1. The molecule has 3 aromatic rings. The fourth-order valence-electron chi connectivity index (χ4n) is 4.02. The predicted molar refractivity (Wildman–Crippen MR) is 118 cm³/mol. The van der Waals surface area contributed by atoms with Gasteiger partial charge in [-0.3, -0.25) is 0 Å². The number of aromatic nitrogens is 2. The van der Waals surface area contributed by atoms with Gasteiger partial charge in [0.05, 0.1) is 31.4 Å². The van der Waals surface area contributed by atoms with Crippen molar-refractivity contribution in [2.45, 2.75) is 19.6 Å². The Bertz CT molecular complexity index is 1220. The van der Waals surface area contributed by atoms with E-state index in [1.54, 1.807) is 25.6 Å². The van der Waals surface area contributed by atoms with E-state index in [9.17, 15) is 4.39 Å². The number of nitrogens with zero attached hydrogens (tertiary/aromatic N) is 4. The standard InChI is InChI=1S/C24H23FN4O3/c1-16-14-28(15-26-16)20-9-4-17(12-21(20)30-3)13-22-23-27-32-24(2,29(23)10-11-31-22)18-5-7-19(25)8-6-18/h4-9,12-15H,10-11H2,1-3H3/t24-/m0/s1. The quantitative estimate of drug-likeness (QED) is 0.615. The monoisotopic (exact) mass is 434 g/mol. The Hall–Kier alpha value is -3.81. The summed E-state index contributed by atoms with van der Waals surface area (Å²) in [7, 11) is 1.64. The number of morpholine rings is 1. The second-order valence-corrected chi connectivity index (χ2v) is 7.86. The van der Waals surface area contributed by atoms with Crippen LogP contribution >= 0.6 is 0 Å². The number of ether oxygens (including phenoxy) is 2. The average Bonchev–Trinajstić information content (AvgIpc) is 3.39. The van der Waals surface area contributed by atoms with E-state index in [0.29, 0.717) is 30.5 Å². The number of methoxy groups -OCH3 is 1. The van der Waals surface area contributed by atoms with Gasteiger partial charge in [-0.25, -0.2) is 9.37 Å². The lowest BCUT2D eigenvalue weighted by atomic mass is 10.0. The molecule has 3 heterocycles. The molecule has 1 fully saturated rings. The van der Waals surface area contributed by atoms with Gasteiger partial charge in [-0.15, -0.1) is 0 Å². The Morgan fingerprint density at radius 3 is 2.72 bits per heavy atom. The Kier molecular flexibility index (Phi) is 4.84. The van der Waals surface area contributed by atoms with E-state index >= 15 is 0 Å². The highest BCUT2D eigenvalue weighted by Crippen LogP contribution is 2.38. The Morgan fingerprint density at radius 2 is 2.00 bits per heavy atom. The lowest BCUT2D eigenvalue weighted by Gasteiger charge is -2.37. The molecule has 164 valence electrons. The van der Waals surface area contributed by atoms with Crippen molar-refractivity contribution in [3.8, 4) is 11.4 Å². The molecule has 2 aliphatic rings. The summed E-state index contributed by atoms with van der Waals surface area (Å²) in [4.78, 5) is 12.2. The minimum absolute atomic E-state index is 0.290. The van der Waals surface area contributed by atoms with Crippen molar-refractivity contribution in [1.29, 1.82) is 0 Å². The molecule has 2 aromatic carbocycles. The summed E-state index contributed by atoms with van der Waals surface area (Å²) in [5, 5.41) is 4.31. The maximum Gasteiger partial charge on any atom is 0.234 e. The number of oxime groups is 1. The first-order valence-corrected chi connectivity index (χ1v) is 10.3. The molecule has 5 rings (SSSR count). The van der Waals surface area contributed by atoms with E-state index < -0.39 is 5.72 Å². The normalized spacial score (nSPS) is 21.1. The zero-order valence-corrected chi connectivity index (χ0v) is 18.1. The van der Waals surface area contributed by atoms with Gasteiger partial charge in [0.25, 0.3) is 0 Å². The van der Waals surface area contributed by atoms with Crippen LogP contribution in [0.25, 0.3) is 11.8 Å². The molecule has 0 radical (unpaired) electrons. The van der Waals surface area contributed by atoms with Gasteiger partial charge < -0.3 is 23.8 Å². The molecule has 0 unspecified atom stereocenters. The van der Waals surface area contributed by atoms with E-state index in [2.05, 4.69) is 10.1 Å². The topological polar surface area (TPSA) is 61.1 Å². The smallest absolute Gasteiger partial charge is 0.234 e. The maximum absolute atomic E-state index is 13.4. The van der Waals surface area contributed by atoms with Gasteiger partial charge in [0, 0.05) is 18.7 Å². The third-order valence-electron chi connectivity index (χ3n) is 5.74. The van der Waals surface area contributed by atoms with Crippen molar-refractivity contribution in [1.82, 2.24) is 14.5 Å². The molecule has 1 atom stereocenters. The van der Waals surface area contributed by atoms with Crippen LogP contribution in [0.4, 0.5) is 4.39 Å². The largest absolute Gasteiger partial charge is 0.495 e. The van der Waals surface area contributed by atoms with Crippen molar-refractivity contribution in [2.75, 3.05) is 20.3 Å². The summed E-state index contributed by atoms with van der Waals surface area (Å²) in [5.41, 5.74) is 2.72. The van der Waals surface area contributed by atoms with Gasteiger partial charge in [-0.2, -0.15) is 0 Å². The predicted octanol–water partition coefficient (Wildman–Crippen LogP) is 4.22. The first kappa shape index (κ1) is 20.1. The van der Waals surface area contributed by atoms with Crippen LogP contribution in [-0.4, -0.2) is 40.5 Å². The highest BCUT2D eigenvalue weighted by atomic mass is 19.1. The molecular weight excluding hydrogens is 411 g/mol. The number of hydrogen-bond donors (Lipinski definition) is 0. The summed E-state index contributed by atoms with van der Waals surface area (Å²) < 4.78 is 26.9. The summed E-state index contributed by atoms with van der Waals surface area (Å²) in [6.07, 6.45) is 5.61. The second kappa shape index (κ2) is 7.71. The van der Waals surface area contributed by atoms with E-state index in [1.807, 2.05) is 53.8 Å². The van der Waals surface area contributed by atoms with Gasteiger partial charge >= 0.3 is 0 Å². The van der Waals surface area contributed by atoms with Crippen molar-refractivity contribution < 1.29 is 18.7 Å². The molecule has 32 heavy (non-hydrogen) atoms. The Balaban J connectivity index is 1.45. The van der Waals surface area contributed by atoms with Crippen LogP contribution in [0, 0.1) is 12.7 Å². The van der Waals surface area contributed by atoms with Crippen molar-refractivity contribution in [3.05, 3.63) is 83.4 Å². The van der Waals surface area contributed by atoms with Gasteiger partial charge in [0.15, 0.2) is 5.76 Å². The molecule has 0 aliphatic carbocycles. The van der Waals surface area contributed by atoms with Gasteiger partial charge in [0.1, 0.15) is 18.2 Å². The van der Waals surface area contributed by atoms with Gasteiger partial charge in [-0.1, -0.05) is 23.4 Å². The van der Waals surface area contributed by atoms with Crippen molar-refractivity contribution in [2.24, 2.45) is 5.16 Å². The van der Waals surface area contributed by atoms with Crippen molar-refractivity contribution >= 4 is 11.9 Å². The highest BCUT2D eigenvalue weighted by molar-refractivity contribution is 6.01. The minimum atomic E-state index is -0.827. The average molecular weight is 434 g/mol. The van der Waals surface area contributed by atoms with Crippen LogP contribution in [0.15, 0.2) is 65.9 Å². The molecule has 8 heteroatoms. The van der Waals surface area contributed by atoms with Crippen LogP contribution in [0.3, 0.4) is 0 Å². The molecule has 0 bridgehead atoms. The first-order chi connectivity index (χ1) is 15.5. The molecule has 1 saturated heterocycles. The molecule has 0 spiro atoms. The van der Waals surface area contributed by atoms with Crippen LogP contribution in [0.2, 0.25) is 0 Å². The summed E-state index contributed by atoms with van der Waals surface area (Å²) in [6.45, 7) is 4.95. The zero-order valence-electron chi connectivity index (χ0n) is 18.1. The lowest BCUT2D eigenvalue weighted by molar-refractivity contribution is -0.0968. The molecule has 7 nitrogen and oxygen atoms in total. The second-order valence-electron chi connectivity index (χ2n) is 7.86. The number of aryl methyl sites for hydroxylation is 1. The number of rotatable bonds is 4. The van der Waals surface area contributed by atoms with E-state index in [1.165, 1.54) is 12.1 Å². The number of fused-ring (bicyclic) bond motifs is 1. The molecule has 2 aliphatic heterocycles. The fraction of sp³-hybridized carbons (Fsp3) is 0.250. The Labute approximate surface area is 185 Å². The van der Waals surface area contributed by atoms with Crippen LogP contribution < -0.4 is 4.74 Å². The summed E-state index contributed by atoms with van der Waals surface area (Å²) >= 11 is 0. The van der Waals surface area contributed by atoms with E-state index in [0.717, 1.165) is 22.5 Å². The van der Waals surface area contributed by atoms with Gasteiger partial charge in [-0.05, 0) is 42.8 Å². The molecule has 0 saturated carbocycles. The van der Waals surface area contributed by atoms with Crippen LogP contribution in [0.5, 0.6) is 5.75 Å². The summed E-state index contributed by atoms with van der Waals surface area (Å²) in [5.74, 6) is 1.64. The first-order valence-electron chi connectivity index (χ1n) is 10.3. The SMILES string of the molecule is COc1cc(C=C2OCCN3C2=NO[C@@]3(C)c2ccc(F)cc2)ccc1-n1cnc(C)c1. The number of amidine groups is 1.